The molecule has 0 saturated heterocycles. The first-order valence-electron chi connectivity index (χ1n) is 7.80. The number of hydrogen-bond acceptors (Lipinski definition) is 4. The fourth-order valence-electron chi connectivity index (χ4n) is 2.46. The third-order valence-electron chi connectivity index (χ3n) is 3.94. The predicted molar refractivity (Wildman–Crippen MR) is 101 cm³/mol. The minimum Gasteiger partial charge on any atom is -0.481 e. The summed E-state index contributed by atoms with van der Waals surface area (Å²) in [6.45, 7) is -0.165. The van der Waals surface area contributed by atoms with Crippen LogP contribution in [0.5, 0.6) is 5.75 Å². The number of nitrogens with zero attached hydrogens (tertiary/aromatic N) is 2. The number of pyridine rings is 1. The van der Waals surface area contributed by atoms with Gasteiger partial charge in [-0.15, -0.1) is 0 Å². The van der Waals surface area contributed by atoms with Crippen LogP contribution in [0.1, 0.15) is 10.4 Å². The molecule has 0 radical (unpaired) electrons. The number of benzene rings is 2. The van der Waals surface area contributed by atoms with Crippen LogP contribution in [0.4, 0.5) is 5.69 Å². The topological polar surface area (TPSA) is 85.5 Å². The van der Waals surface area contributed by atoms with Crippen molar-refractivity contribution in [3.05, 3.63) is 65.3 Å². The van der Waals surface area contributed by atoms with Gasteiger partial charge in [-0.05, 0) is 48.5 Å². The van der Waals surface area contributed by atoms with Gasteiger partial charge in [0.2, 0.25) is 5.91 Å². The summed E-state index contributed by atoms with van der Waals surface area (Å²) in [5.41, 5.74) is 6.82. The summed E-state index contributed by atoms with van der Waals surface area (Å²) in [7, 11) is 1.63. The van der Waals surface area contributed by atoms with Crippen molar-refractivity contribution < 1.29 is 14.3 Å². The molecule has 0 spiro atoms. The minimum atomic E-state index is -0.518. The Hall–Kier alpha value is -3.12. The predicted octanol–water partition coefficient (Wildman–Crippen LogP) is 3.03. The van der Waals surface area contributed by atoms with Crippen molar-refractivity contribution in [2.75, 3.05) is 18.6 Å². The van der Waals surface area contributed by atoms with Gasteiger partial charge >= 0.3 is 0 Å². The van der Waals surface area contributed by atoms with Crippen LogP contribution in [0.3, 0.4) is 0 Å². The fourth-order valence-corrected chi connectivity index (χ4v) is 2.67. The molecule has 3 rings (SSSR count). The van der Waals surface area contributed by atoms with E-state index in [9.17, 15) is 9.59 Å². The van der Waals surface area contributed by atoms with Crippen LogP contribution >= 0.6 is 11.6 Å². The Labute approximate surface area is 155 Å². The SMILES string of the molecule is CN(C(=O)COc1ccc(Cl)c2cccnc12)c1ccc(C(N)=O)cc1. The number of anilines is 1. The van der Waals surface area contributed by atoms with Crippen LogP contribution in [-0.4, -0.2) is 30.5 Å². The van der Waals surface area contributed by atoms with Crippen LogP contribution < -0.4 is 15.4 Å². The zero-order valence-corrected chi connectivity index (χ0v) is 14.7. The van der Waals surface area contributed by atoms with Crippen molar-refractivity contribution in [2.45, 2.75) is 0 Å². The number of amides is 2. The van der Waals surface area contributed by atoms with Crippen molar-refractivity contribution in [3.8, 4) is 5.75 Å². The molecule has 1 aromatic heterocycles. The minimum absolute atomic E-state index is 0.165. The molecular formula is C19H16ClN3O3. The van der Waals surface area contributed by atoms with Gasteiger partial charge in [-0.2, -0.15) is 0 Å². The molecule has 6 nitrogen and oxygen atoms in total. The van der Waals surface area contributed by atoms with Crippen molar-refractivity contribution in [1.29, 1.82) is 0 Å². The third kappa shape index (κ3) is 3.60. The van der Waals surface area contributed by atoms with E-state index in [0.717, 1.165) is 5.39 Å². The molecule has 0 aliphatic heterocycles. The van der Waals surface area contributed by atoms with E-state index in [4.69, 9.17) is 22.1 Å². The second-order valence-corrected chi connectivity index (χ2v) is 6.00. The average Bonchev–Trinajstić information content (AvgIpc) is 2.67. The van der Waals surface area contributed by atoms with Crippen molar-refractivity contribution in [3.63, 3.8) is 0 Å². The molecule has 0 aliphatic rings. The zero-order chi connectivity index (χ0) is 18.7. The first-order chi connectivity index (χ1) is 12.5. The van der Waals surface area contributed by atoms with E-state index < -0.39 is 5.91 Å². The molecule has 2 amide bonds. The largest absolute Gasteiger partial charge is 0.481 e. The Morgan fingerprint density at radius 3 is 2.58 bits per heavy atom. The highest BCUT2D eigenvalue weighted by molar-refractivity contribution is 6.35. The standard InChI is InChI=1S/C19H16ClN3O3/c1-23(13-6-4-12(5-7-13)19(21)25)17(24)11-26-16-9-8-15(20)14-3-2-10-22-18(14)16/h2-10H,11H2,1H3,(H2,21,25). The molecule has 26 heavy (non-hydrogen) atoms. The Kier molecular flexibility index (Phi) is 5.04. The van der Waals surface area contributed by atoms with Crippen LogP contribution in [-0.2, 0) is 4.79 Å². The maximum atomic E-state index is 12.4. The number of hydrogen-bond donors (Lipinski definition) is 1. The Balaban J connectivity index is 1.72. The zero-order valence-electron chi connectivity index (χ0n) is 14.0. The second kappa shape index (κ2) is 7.41. The summed E-state index contributed by atoms with van der Waals surface area (Å²) in [6, 6.07) is 13.5. The smallest absolute Gasteiger partial charge is 0.264 e. The number of ether oxygens (including phenoxy) is 1. The van der Waals surface area contributed by atoms with E-state index >= 15 is 0 Å². The summed E-state index contributed by atoms with van der Waals surface area (Å²) in [4.78, 5) is 29.2. The van der Waals surface area contributed by atoms with Gasteiger partial charge in [0.15, 0.2) is 6.61 Å². The van der Waals surface area contributed by atoms with Crippen molar-refractivity contribution >= 4 is 40.0 Å². The van der Waals surface area contributed by atoms with E-state index in [2.05, 4.69) is 4.98 Å². The third-order valence-corrected chi connectivity index (χ3v) is 4.27. The van der Waals surface area contributed by atoms with Gasteiger partial charge < -0.3 is 15.4 Å². The highest BCUT2D eigenvalue weighted by atomic mass is 35.5. The average molecular weight is 370 g/mol. The lowest BCUT2D eigenvalue weighted by Gasteiger charge is -2.18. The van der Waals surface area contributed by atoms with Gasteiger partial charge in [0.25, 0.3) is 5.91 Å². The molecule has 0 aliphatic carbocycles. The maximum absolute atomic E-state index is 12.4. The van der Waals surface area contributed by atoms with E-state index in [-0.39, 0.29) is 12.5 Å². The first-order valence-corrected chi connectivity index (χ1v) is 8.17. The summed E-state index contributed by atoms with van der Waals surface area (Å²) >= 11 is 6.15. The number of carbonyl (C=O) groups is 2. The van der Waals surface area contributed by atoms with Gasteiger partial charge in [-0.25, -0.2) is 0 Å². The van der Waals surface area contributed by atoms with Gasteiger partial charge in [0, 0.05) is 29.9 Å². The highest BCUT2D eigenvalue weighted by Gasteiger charge is 2.14. The molecule has 3 aromatic rings. The number of halogens is 1. The van der Waals surface area contributed by atoms with E-state index in [0.29, 0.717) is 27.5 Å². The van der Waals surface area contributed by atoms with Crippen molar-refractivity contribution in [1.82, 2.24) is 4.98 Å². The Morgan fingerprint density at radius 1 is 1.15 bits per heavy atom. The normalized spacial score (nSPS) is 10.5. The second-order valence-electron chi connectivity index (χ2n) is 5.60. The molecule has 0 unspecified atom stereocenters. The summed E-state index contributed by atoms with van der Waals surface area (Å²) < 4.78 is 5.65. The summed E-state index contributed by atoms with van der Waals surface area (Å²) in [5.74, 6) is -0.289. The number of likely N-dealkylation sites (N-methyl/N-ethyl adjacent to an activating group) is 1. The first kappa shape index (κ1) is 17.7. The molecule has 1 heterocycles. The molecule has 0 atom stereocenters. The Bertz CT molecular complexity index is 973. The van der Waals surface area contributed by atoms with Gasteiger partial charge in [0.05, 0.1) is 5.02 Å². The molecule has 2 aromatic carbocycles. The number of nitrogens with two attached hydrogens (primary N) is 1. The monoisotopic (exact) mass is 369 g/mol. The maximum Gasteiger partial charge on any atom is 0.264 e. The van der Waals surface area contributed by atoms with Crippen molar-refractivity contribution in [2.24, 2.45) is 5.73 Å². The van der Waals surface area contributed by atoms with E-state index in [1.165, 1.54) is 4.90 Å². The lowest BCUT2D eigenvalue weighted by atomic mass is 10.2. The number of aromatic nitrogens is 1. The molecule has 132 valence electrons. The van der Waals surface area contributed by atoms with Gasteiger partial charge in [-0.1, -0.05) is 11.6 Å². The molecule has 0 fully saturated rings. The lowest BCUT2D eigenvalue weighted by Crippen LogP contribution is -2.31. The fraction of sp³-hybridized carbons (Fsp3) is 0.105. The van der Waals surface area contributed by atoms with E-state index in [1.54, 1.807) is 55.7 Å². The summed E-state index contributed by atoms with van der Waals surface area (Å²) in [6.07, 6.45) is 1.64. The molecule has 2 N–H and O–H groups in total. The van der Waals surface area contributed by atoms with Crippen LogP contribution in [0.15, 0.2) is 54.7 Å². The van der Waals surface area contributed by atoms with E-state index in [1.807, 2.05) is 6.07 Å². The number of carbonyl (C=O) groups excluding carboxylic acids is 2. The van der Waals surface area contributed by atoms with Gasteiger partial charge in [-0.3, -0.25) is 14.6 Å². The van der Waals surface area contributed by atoms with Crippen LogP contribution in [0, 0.1) is 0 Å². The highest BCUT2D eigenvalue weighted by Crippen LogP contribution is 2.29. The molecule has 0 saturated carbocycles. The van der Waals surface area contributed by atoms with Crippen LogP contribution in [0.25, 0.3) is 10.9 Å². The quantitative estimate of drug-likeness (QED) is 0.749. The number of fused-ring (bicyclic) bond motifs is 1. The molecular weight excluding hydrogens is 354 g/mol. The number of primary amides is 1. The summed E-state index contributed by atoms with van der Waals surface area (Å²) in [5, 5.41) is 1.33. The van der Waals surface area contributed by atoms with Crippen LogP contribution in [0.2, 0.25) is 5.02 Å². The molecule has 7 heteroatoms. The Morgan fingerprint density at radius 2 is 1.88 bits per heavy atom. The number of rotatable bonds is 5. The van der Waals surface area contributed by atoms with Gasteiger partial charge in [0.1, 0.15) is 11.3 Å². The lowest BCUT2D eigenvalue weighted by molar-refractivity contribution is -0.120. The molecule has 0 bridgehead atoms.